The first-order valence-corrected chi connectivity index (χ1v) is 13.8. The smallest absolute Gasteiger partial charge is 0.325 e. The van der Waals surface area contributed by atoms with Crippen molar-refractivity contribution in [3.05, 3.63) is 70.6 Å². The summed E-state index contributed by atoms with van der Waals surface area (Å²) in [6.45, 7) is 5.59. The van der Waals surface area contributed by atoms with Crippen LogP contribution in [0.3, 0.4) is 0 Å². The van der Waals surface area contributed by atoms with Crippen molar-refractivity contribution in [1.82, 2.24) is 19.6 Å². The molecule has 3 heterocycles. The van der Waals surface area contributed by atoms with E-state index in [1.165, 1.54) is 11.0 Å². The van der Waals surface area contributed by atoms with Crippen LogP contribution in [0, 0.1) is 5.82 Å². The molecule has 2 aromatic carbocycles. The fraction of sp³-hybridized carbons (Fsp3) is 0.414. The number of benzene rings is 2. The highest BCUT2D eigenvalue weighted by Crippen LogP contribution is 2.31. The second-order valence-corrected chi connectivity index (χ2v) is 10.9. The number of nitrogens with zero attached hydrogens (tertiary/aromatic N) is 4. The van der Waals surface area contributed by atoms with Crippen molar-refractivity contribution >= 4 is 40.8 Å². The number of fused-ring (bicyclic) bond motifs is 1. The number of carbonyl (C=O) groups is 3. The van der Waals surface area contributed by atoms with Gasteiger partial charge in [0, 0.05) is 55.7 Å². The molecule has 10 heteroatoms. The molecule has 0 radical (unpaired) electrons. The summed E-state index contributed by atoms with van der Waals surface area (Å²) < 4.78 is 14.2. The number of piperidine rings is 1. The largest absolute Gasteiger partial charge is 0.341 e. The maximum Gasteiger partial charge on any atom is 0.325 e. The molecule has 0 atom stereocenters. The van der Waals surface area contributed by atoms with Gasteiger partial charge in [-0.05, 0) is 56.4 Å². The van der Waals surface area contributed by atoms with Gasteiger partial charge >= 0.3 is 12.1 Å². The molecule has 5 rings (SSSR count). The average molecular weight is 554 g/mol. The van der Waals surface area contributed by atoms with Crippen molar-refractivity contribution < 1.29 is 18.8 Å². The summed E-state index contributed by atoms with van der Waals surface area (Å²) in [7, 11) is 0. The number of hydrogen-bond donors (Lipinski definition) is 1. The van der Waals surface area contributed by atoms with Crippen LogP contribution < -0.4 is 5.32 Å². The Balaban J connectivity index is 1.24. The number of para-hydroxylation sites is 1. The van der Waals surface area contributed by atoms with Gasteiger partial charge < -0.3 is 20.0 Å². The lowest BCUT2D eigenvalue weighted by molar-refractivity contribution is -0.132. The van der Waals surface area contributed by atoms with Gasteiger partial charge in [-0.2, -0.15) is 0 Å². The van der Waals surface area contributed by atoms with Crippen LogP contribution in [-0.2, 0) is 11.2 Å². The highest BCUT2D eigenvalue weighted by molar-refractivity contribution is 6.32. The Morgan fingerprint density at radius 2 is 1.82 bits per heavy atom. The SMILES string of the molecule is CC(C)N1CC(c2cccc(F)c2Cl)=CN(CC(=O)N2CCC(N3CCc4ccccc4NC3=O)CC2)C1=O. The minimum Gasteiger partial charge on any atom is -0.341 e. The van der Waals surface area contributed by atoms with Gasteiger partial charge in [0.2, 0.25) is 5.91 Å². The number of amides is 5. The Bertz CT molecular complexity index is 1310. The minimum atomic E-state index is -0.532. The second kappa shape index (κ2) is 11.3. The summed E-state index contributed by atoms with van der Waals surface area (Å²) in [5.74, 6) is -0.698. The summed E-state index contributed by atoms with van der Waals surface area (Å²) in [6.07, 6.45) is 3.73. The molecule has 8 nitrogen and oxygen atoms in total. The molecule has 0 saturated carbocycles. The minimum absolute atomic E-state index is 0.00389. The standard InChI is InChI=1S/C29H33ClFN5O3/c1-19(2)36-17-21(23-7-5-8-24(31)27(23)30)16-34(29(36)39)18-26(37)33-13-11-22(12-14-33)35-15-10-20-6-3-4-9-25(20)32-28(35)38/h3-9,16,19,22H,10-15,17-18H2,1-2H3,(H,32,38). The van der Waals surface area contributed by atoms with Gasteiger partial charge in [-0.3, -0.25) is 9.69 Å². The van der Waals surface area contributed by atoms with E-state index in [1.54, 1.807) is 28.1 Å². The van der Waals surface area contributed by atoms with E-state index in [1.807, 2.05) is 43.0 Å². The van der Waals surface area contributed by atoms with Gasteiger partial charge in [-0.15, -0.1) is 0 Å². The van der Waals surface area contributed by atoms with E-state index < -0.39 is 5.82 Å². The van der Waals surface area contributed by atoms with E-state index in [4.69, 9.17) is 11.6 Å². The zero-order valence-electron chi connectivity index (χ0n) is 22.2. The highest BCUT2D eigenvalue weighted by atomic mass is 35.5. The summed E-state index contributed by atoms with van der Waals surface area (Å²) in [6, 6.07) is 12.0. The summed E-state index contributed by atoms with van der Waals surface area (Å²) in [4.78, 5) is 46.1. The third kappa shape index (κ3) is 5.59. The molecule has 2 aromatic rings. The van der Waals surface area contributed by atoms with E-state index in [0.29, 0.717) is 43.6 Å². The third-order valence-corrected chi connectivity index (χ3v) is 8.15. The zero-order chi connectivity index (χ0) is 27.7. The molecule has 0 aliphatic carbocycles. The zero-order valence-corrected chi connectivity index (χ0v) is 23.0. The van der Waals surface area contributed by atoms with Crippen LogP contribution in [0.25, 0.3) is 5.57 Å². The molecule has 0 aromatic heterocycles. The summed E-state index contributed by atoms with van der Waals surface area (Å²) in [5.41, 5.74) is 3.15. The number of rotatable bonds is 5. The van der Waals surface area contributed by atoms with Crippen LogP contribution in [0.4, 0.5) is 19.7 Å². The van der Waals surface area contributed by atoms with Crippen molar-refractivity contribution in [2.45, 2.75) is 45.2 Å². The molecule has 1 saturated heterocycles. The predicted octanol–water partition coefficient (Wildman–Crippen LogP) is 5.05. The van der Waals surface area contributed by atoms with Gasteiger partial charge in [-0.25, -0.2) is 14.0 Å². The molecular weight excluding hydrogens is 521 g/mol. The molecular formula is C29H33ClFN5O3. The van der Waals surface area contributed by atoms with Crippen LogP contribution >= 0.6 is 11.6 Å². The number of carbonyl (C=O) groups excluding carboxylic acids is 3. The molecule has 0 spiro atoms. The van der Waals surface area contributed by atoms with Gasteiger partial charge in [0.1, 0.15) is 12.4 Å². The lowest BCUT2D eigenvalue weighted by Gasteiger charge is -2.40. The molecule has 3 aliphatic heterocycles. The first-order chi connectivity index (χ1) is 18.7. The van der Waals surface area contributed by atoms with Crippen molar-refractivity contribution in [1.29, 1.82) is 0 Å². The monoisotopic (exact) mass is 553 g/mol. The molecule has 39 heavy (non-hydrogen) atoms. The van der Waals surface area contributed by atoms with Gasteiger partial charge in [0.15, 0.2) is 0 Å². The number of hydrogen-bond acceptors (Lipinski definition) is 3. The number of likely N-dealkylation sites (tertiary alicyclic amines) is 1. The Labute approximate surface area is 233 Å². The lowest BCUT2D eigenvalue weighted by atomic mass is 10.0. The van der Waals surface area contributed by atoms with E-state index in [-0.39, 0.29) is 48.2 Å². The quantitative estimate of drug-likeness (QED) is 0.563. The van der Waals surface area contributed by atoms with E-state index in [9.17, 15) is 18.8 Å². The molecule has 3 aliphatic rings. The van der Waals surface area contributed by atoms with Crippen LogP contribution in [-0.4, -0.2) is 82.4 Å². The van der Waals surface area contributed by atoms with Crippen molar-refractivity contribution in [2.24, 2.45) is 0 Å². The van der Waals surface area contributed by atoms with E-state index in [2.05, 4.69) is 5.32 Å². The van der Waals surface area contributed by atoms with Gasteiger partial charge in [0.05, 0.1) is 5.02 Å². The summed E-state index contributed by atoms with van der Waals surface area (Å²) >= 11 is 6.24. The molecule has 1 N–H and O–H groups in total. The molecule has 0 bridgehead atoms. The molecule has 5 amide bonds. The molecule has 0 unspecified atom stereocenters. The summed E-state index contributed by atoms with van der Waals surface area (Å²) in [5, 5.41) is 3.02. The van der Waals surface area contributed by atoms with Gasteiger partial charge in [-0.1, -0.05) is 41.9 Å². The number of urea groups is 2. The maximum absolute atomic E-state index is 14.2. The first-order valence-electron chi connectivity index (χ1n) is 13.4. The van der Waals surface area contributed by atoms with Crippen LogP contribution in [0.15, 0.2) is 48.7 Å². The third-order valence-electron chi connectivity index (χ3n) is 7.77. The fourth-order valence-corrected chi connectivity index (χ4v) is 5.78. The van der Waals surface area contributed by atoms with Crippen molar-refractivity contribution in [3.63, 3.8) is 0 Å². The normalized spacial score (nSPS) is 18.6. The topological polar surface area (TPSA) is 76.2 Å². The van der Waals surface area contributed by atoms with E-state index >= 15 is 0 Å². The van der Waals surface area contributed by atoms with E-state index in [0.717, 1.165) is 17.7 Å². The van der Waals surface area contributed by atoms with Gasteiger partial charge in [0.25, 0.3) is 0 Å². The second-order valence-electron chi connectivity index (χ2n) is 10.5. The van der Waals surface area contributed by atoms with Crippen LogP contribution in [0.1, 0.15) is 37.8 Å². The molecule has 206 valence electrons. The van der Waals surface area contributed by atoms with Crippen molar-refractivity contribution in [2.75, 3.05) is 38.0 Å². The Kier molecular flexibility index (Phi) is 7.79. The lowest BCUT2D eigenvalue weighted by Crippen LogP contribution is -2.53. The Morgan fingerprint density at radius 3 is 2.56 bits per heavy atom. The maximum atomic E-state index is 14.2. The highest BCUT2D eigenvalue weighted by Gasteiger charge is 2.34. The number of nitrogens with one attached hydrogen (secondary N) is 1. The Morgan fingerprint density at radius 1 is 1.08 bits per heavy atom. The van der Waals surface area contributed by atoms with Crippen LogP contribution in [0.5, 0.6) is 0 Å². The molecule has 1 fully saturated rings. The predicted molar refractivity (Wildman–Crippen MR) is 149 cm³/mol. The average Bonchev–Trinajstić information content (AvgIpc) is 3.09. The fourth-order valence-electron chi connectivity index (χ4n) is 5.53. The number of anilines is 1. The Hall–Kier alpha value is -3.59. The number of halogens is 2. The van der Waals surface area contributed by atoms with Crippen molar-refractivity contribution in [3.8, 4) is 0 Å². The first kappa shape index (κ1) is 27.0. The van der Waals surface area contributed by atoms with Crippen LogP contribution in [0.2, 0.25) is 5.02 Å².